The molecule has 0 bridgehead atoms. The lowest BCUT2D eigenvalue weighted by Gasteiger charge is -2.16. The molecule has 0 saturated carbocycles. The van der Waals surface area contributed by atoms with Crippen molar-refractivity contribution in [3.63, 3.8) is 0 Å². The third-order valence-corrected chi connectivity index (χ3v) is 2.86. The van der Waals surface area contributed by atoms with Gasteiger partial charge in [-0.3, -0.25) is 4.79 Å². The first-order valence-electron chi connectivity index (χ1n) is 4.46. The monoisotopic (exact) mass is 256 g/mol. The van der Waals surface area contributed by atoms with Gasteiger partial charge in [0.2, 0.25) is 0 Å². The molecule has 0 spiro atoms. The zero-order valence-electron chi connectivity index (χ0n) is 8.20. The number of halogens is 1. The molecular weight excluding hydrogens is 244 g/mol. The minimum absolute atomic E-state index is 0.000388. The Labute approximate surface area is 92.1 Å². The fourth-order valence-corrected chi connectivity index (χ4v) is 1.44. The van der Waals surface area contributed by atoms with Crippen LogP contribution in [-0.4, -0.2) is 10.9 Å². The van der Waals surface area contributed by atoms with E-state index in [1.165, 1.54) is 6.92 Å². The molecule has 0 aromatic heterocycles. The fourth-order valence-electron chi connectivity index (χ4n) is 1.17. The summed E-state index contributed by atoms with van der Waals surface area (Å²) in [5.41, 5.74) is 0.774. The first-order valence-corrected chi connectivity index (χ1v) is 5.25. The molecule has 0 radical (unpaired) electrons. The molecule has 1 aromatic rings. The van der Waals surface area contributed by atoms with Crippen LogP contribution in [0.4, 0.5) is 0 Å². The summed E-state index contributed by atoms with van der Waals surface area (Å²) >= 11 is 3.31. The number of aliphatic hydroxyl groups excluding tert-OH is 1. The molecule has 76 valence electrons. The zero-order chi connectivity index (χ0) is 10.7. The van der Waals surface area contributed by atoms with E-state index in [4.69, 9.17) is 0 Å². The number of hydrogen-bond donors (Lipinski definition) is 1. The van der Waals surface area contributed by atoms with Crippen LogP contribution >= 0.6 is 15.9 Å². The van der Waals surface area contributed by atoms with E-state index in [0.29, 0.717) is 0 Å². The molecule has 0 aliphatic carbocycles. The molecule has 0 heterocycles. The number of hydrogen-bond acceptors (Lipinski definition) is 2. The highest BCUT2D eigenvalue weighted by atomic mass is 79.9. The van der Waals surface area contributed by atoms with Gasteiger partial charge in [0.05, 0.1) is 6.10 Å². The zero-order valence-corrected chi connectivity index (χ0v) is 9.78. The highest BCUT2D eigenvalue weighted by Gasteiger charge is 2.19. The van der Waals surface area contributed by atoms with E-state index < -0.39 is 6.10 Å². The van der Waals surface area contributed by atoms with E-state index >= 15 is 0 Å². The summed E-state index contributed by atoms with van der Waals surface area (Å²) < 4.78 is 0.962. The Balaban J connectivity index is 2.84. The normalized spacial score (nSPS) is 14.9. The van der Waals surface area contributed by atoms with Crippen molar-refractivity contribution in [1.82, 2.24) is 0 Å². The highest BCUT2D eigenvalue weighted by molar-refractivity contribution is 9.10. The lowest BCUT2D eigenvalue weighted by atomic mass is 9.95. The second-order valence-corrected chi connectivity index (χ2v) is 4.31. The molecular formula is C11H13BrO2. The first-order chi connectivity index (χ1) is 6.52. The van der Waals surface area contributed by atoms with Gasteiger partial charge in [0.1, 0.15) is 5.78 Å². The largest absolute Gasteiger partial charge is 0.388 e. The quantitative estimate of drug-likeness (QED) is 0.903. The Morgan fingerprint density at radius 3 is 2.29 bits per heavy atom. The summed E-state index contributed by atoms with van der Waals surface area (Å²) in [5.74, 6) is -0.350. The minimum atomic E-state index is -0.708. The van der Waals surface area contributed by atoms with Crippen molar-refractivity contribution in [2.75, 3.05) is 0 Å². The van der Waals surface area contributed by atoms with Crippen LogP contribution in [-0.2, 0) is 4.79 Å². The van der Waals surface area contributed by atoms with E-state index in [9.17, 15) is 9.90 Å². The van der Waals surface area contributed by atoms with Gasteiger partial charge in [0.25, 0.3) is 0 Å². The number of aliphatic hydroxyl groups is 1. The van der Waals surface area contributed by atoms with Gasteiger partial charge < -0.3 is 5.11 Å². The topological polar surface area (TPSA) is 37.3 Å². The maximum absolute atomic E-state index is 11.1. The summed E-state index contributed by atoms with van der Waals surface area (Å²) in [6.07, 6.45) is -0.708. The summed E-state index contributed by atoms with van der Waals surface area (Å²) in [6, 6.07) is 7.33. The minimum Gasteiger partial charge on any atom is -0.388 e. The van der Waals surface area contributed by atoms with Crippen LogP contribution in [0.1, 0.15) is 25.5 Å². The summed E-state index contributed by atoms with van der Waals surface area (Å²) in [7, 11) is 0. The van der Waals surface area contributed by atoms with Crippen LogP contribution in [0.2, 0.25) is 0 Å². The van der Waals surface area contributed by atoms with Gasteiger partial charge in [0, 0.05) is 10.4 Å². The molecule has 0 saturated heterocycles. The van der Waals surface area contributed by atoms with Crippen LogP contribution in [0.25, 0.3) is 0 Å². The second kappa shape index (κ2) is 4.71. The maximum Gasteiger partial charge on any atom is 0.135 e. The Kier molecular flexibility index (Phi) is 3.84. The number of rotatable bonds is 3. The van der Waals surface area contributed by atoms with Gasteiger partial charge in [-0.05, 0) is 24.6 Å². The molecule has 2 atom stereocenters. The number of carbonyl (C=O) groups is 1. The Hall–Kier alpha value is -0.670. The standard InChI is InChI=1S/C11H13BrO2/c1-7(8(2)13)11(14)9-3-5-10(12)6-4-9/h3-7,11,14H,1-2H3. The molecule has 1 aromatic carbocycles. The predicted molar refractivity (Wildman–Crippen MR) is 58.9 cm³/mol. The fraction of sp³-hybridized carbons (Fsp3) is 0.364. The van der Waals surface area contributed by atoms with Crippen LogP contribution < -0.4 is 0 Å². The predicted octanol–water partition coefficient (Wildman–Crippen LogP) is 2.71. The summed E-state index contributed by atoms with van der Waals surface area (Å²) in [5, 5.41) is 9.81. The average Bonchev–Trinajstić information content (AvgIpc) is 2.16. The van der Waals surface area contributed by atoms with E-state index in [-0.39, 0.29) is 11.7 Å². The van der Waals surface area contributed by atoms with Crippen LogP contribution in [0, 0.1) is 5.92 Å². The average molecular weight is 257 g/mol. The molecule has 2 unspecified atom stereocenters. The maximum atomic E-state index is 11.1. The van der Waals surface area contributed by atoms with E-state index in [0.717, 1.165) is 10.0 Å². The number of ketones is 1. The van der Waals surface area contributed by atoms with Crippen LogP contribution in [0.3, 0.4) is 0 Å². The molecule has 3 heteroatoms. The highest BCUT2D eigenvalue weighted by Crippen LogP contribution is 2.23. The van der Waals surface area contributed by atoms with Gasteiger partial charge in [-0.25, -0.2) is 0 Å². The van der Waals surface area contributed by atoms with Crippen molar-refractivity contribution >= 4 is 21.7 Å². The van der Waals surface area contributed by atoms with Gasteiger partial charge in [-0.1, -0.05) is 35.0 Å². The Morgan fingerprint density at radius 1 is 1.36 bits per heavy atom. The lowest BCUT2D eigenvalue weighted by Crippen LogP contribution is -2.16. The van der Waals surface area contributed by atoms with Crippen molar-refractivity contribution in [3.8, 4) is 0 Å². The van der Waals surface area contributed by atoms with Crippen molar-refractivity contribution in [2.24, 2.45) is 5.92 Å². The van der Waals surface area contributed by atoms with Crippen molar-refractivity contribution in [3.05, 3.63) is 34.3 Å². The first kappa shape index (κ1) is 11.4. The second-order valence-electron chi connectivity index (χ2n) is 3.40. The van der Waals surface area contributed by atoms with E-state index in [1.54, 1.807) is 6.92 Å². The molecule has 14 heavy (non-hydrogen) atoms. The number of benzene rings is 1. The molecule has 1 N–H and O–H groups in total. The summed E-state index contributed by atoms with van der Waals surface area (Å²) in [6.45, 7) is 3.22. The molecule has 2 nitrogen and oxygen atoms in total. The molecule has 0 amide bonds. The van der Waals surface area contributed by atoms with Gasteiger partial charge in [-0.15, -0.1) is 0 Å². The van der Waals surface area contributed by atoms with Crippen molar-refractivity contribution < 1.29 is 9.90 Å². The van der Waals surface area contributed by atoms with Gasteiger partial charge in [0.15, 0.2) is 0 Å². The number of carbonyl (C=O) groups excluding carboxylic acids is 1. The SMILES string of the molecule is CC(=O)C(C)C(O)c1ccc(Br)cc1. The molecule has 0 fully saturated rings. The Morgan fingerprint density at radius 2 is 1.86 bits per heavy atom. The lowest BCUT2D eigenvalue weighted by molar-refractivity contribution is -0.123. The van der Waals surface area contributed by atoms with E-state index in [1.807, 2.05) is 24.3 Å². The molecule has 1 rings (SSSR count). The van der Waals surface area contributed by atoms with Gasteiger partial charge in [-0.2, -0.15) is 0 Å². The third kappa shape index (κ3) is 2.66. The van der Waals surface area contributed by atoms with Crippen LogP contribution in [0.5, 0.6) is 0 Å². The molecule has 0 aliphatic rings. The summed E-state index contributed by atoms with van der Waals surface area (Å²) in [4.78, 5) is 11.1. The van der Waals surface area contributed by atoms with Crippen molar-refractivity contribution in [2.45, 2.75) is 20.0 Å². The number of Topliss-reactive ketones (excluding diaryl/α,β-unsaturated/α-hetero) is 1. The van der Waals surface area contributed by atoms with Crippen LogP contribution in [0.15, 0.2) is 28.7 Å². The van der Waals surface area contributed by atoms with Gasteiger partial charge >= 0.3 is 0 Å². The van der Waals surface area contributed by atoms with Crippen molar-refractivity contribution in [1.29, 1.82) is 0 Å². The molecule has 0 aliphatic heterocycles. The Bertz CT molecular complexity index is 319. The third-order valence-electron chi connectivity index (χ3n) is 2.33. The smallest absolute Gasteiger partial charge is 0.135 e. The van der Waals surface area contributed by atoms with E-state index in [2.05, 4.69) is 15.9 Å².